The molecule has 6 nitrogen and oxygen atoms in total. The monoisotopic (exact) mass is 402 g/mol. The van der Waals surface area contributed by atoms with Crippen LogP contribution in [0.15, 0.2) is 58.4 Å². The van der Waals surface area contributed by atoms with Crippen LogP contribution in [0.4, 0.5) is 5.69 Å². The number of benzene rings is 2. The number of amides is 1. The van der Waals surface area contributed by atoms with Gasteiger partial charge in [-0.25, -0.2) is 9.79 Å². The Bertz CT molecular complexity index is 941. The van der Waals surface area contributed by atoms with Crippen molar-refractivity contribution in [3.8, 4) is 5.75 Å². The molecule has 3 rings (SSSR count). The number of aliphatic carboxylic acids is 1. The molecule has 0 radical (unpaired) electrons. The number of thioether (sulfide) groups is 1. The normalized spacial score (nSPS) is 17.0. The minimum atomic E-state index is -1.04. The quantitative estimate of drug-likeness (QED) is 0.763. The van der Waals surface area contributed by atoms with Crippen LogP contribution < -0.4 is 4.74 Å². The fraction of sp³-hybridized carbons (Fsp3) is 0.105. The zero-order chi connectivity index (χ0) is 19.4. The molecule has 1 aliphatic heterocycles. The molecule has 8 heteroatoms. The van der Waals surface area contributed by atoms with Crippen LogP contribution in [0.2, 0.25) is 5.02 Å². The Hall–Kier alpha value is -2.77. The van der Waals surface area contributed by atoms with Gasteiger partial charge in [-0.1, -0.05) is 35.9 Å². The van der Waals surface area contributed by atoms with Crippen molar-refractivity contribution in [1.29, 1.82) is 0 Å². The van der Waals surface area contributed by atoms with Gasteiger partial charge in [0, 0.05) is 7.05 Å². The van der Waals surface area contributed by atoms with Crippen molar-refractivity contribution in [2.75, 3.05) is 13.7 Å². The topological polar surface area (TPSA) is 79.2 Å². The van der Waals surface area contributed by atoms with Gasteiger partial charge in [-0.3, -0.25) is 9.69 Å². The maximum atomic E-state index is 12.5. The number of hydrogen-bond donors (Lipinski definition) is 1. The Balaban J connectivity index is 1.78. The van der Waals surface area contributed by atoms with Crippen molar-refractivity contribution in [3.05, 3.63) is 64.0 Å². The lowest BCUT2D eigenvalue weighted by Crippen LogP contribution is -2.23. The van der Waals surface area contributed by atoms with Gasteiger partial charge in [0.05, 0.1) is 15.6 Å². The number of halogens is 1. The van der Waals surface area contributed by atoms with Gasteiger partial charge < -0.3 is 9.84 Å². The zero-order valence-electron chi connectivity index (χ0n) is 14.3. The predicted octanol–water partition coefficient (Wildman–Crippen LogP) is 4.04. The molecular formula is C19H15ClN2O4S. The highest BCUT2D eigenvalue weighted by molar-refractivity contribution is 8.18. The summed E-state index contributed by atoms with van der Waals surface area (Å²) in [7, 11) is 1.66. The highest BCUT2D eigenvalue weighted by Crippen LogP contribution is 2.34. The molecule has 0 saturated carbocycles. The summed E-state index contributed by atoms with van der Waals surface area (Å²) in [5, 5.41) is 9.68. The lowest BCUT2D eigenvalue weighted by atomic mass is 10.2. The fourth-order valence-electron chi connectivity index (χ4n) is 2.25. The minimum absolute atomic E-state index is 0.156. The fourth-order valence-corrected chi connectivity index (χ4v) is 3.41. The average molecular weight is 403 g/mol. The molecule has 0 bridgehead atoms. The molecular weight excluding hydrogens is 388 g/mol. The summed E-state index contributed by atoms with van der Waals surface area (Å²) < 4.78 is 5.09. The van der Waals surface area contributed by atoms with Crippen molar-refractivity contribution in [2.45, 2.75) is 0 Å². The van der Waals surface area contributed by atoms with E-state index in [0.717, 1.165) is 5.56 Å². The van der Waals surface area contributed by atoms with E-state index in [2.05, 4.69) is 4.99 Å². The van der Waals surface area contributed by atoms with Crippen molar-refractivity contribution >= 4 is 52.2 Å². The number of carboxylic acids is 1. The van der Waals surface area contributed by atoms with Crippen LogP contribution in [-0.4, -0.2) is 40.7 Å². The molecule has 0 unspecified atom stereocenters. The van der Waals surface area contributed by atoms with E-state index in [-0.39, 0.29) is 5.91 Å². The second kappa shape index (κ2) is 8.28. The van der Waals surface area contributed by atoms with Crippen molar-refractivity contribution in [1.82, 2.24) is 4.90 Å². The summed E-state index contributed by atoms with van der Waals surface area (Å²) in [6.45, 7) is -0.401. The van der Waals surface area contributed by atoms with E-state index in [9.17, 15) is 9.59 Å². The van der Waals surface area contributed by atoms with Crippen LogP contribution in [0.25, 0.3) is 6.08 Å². The number of carboxylic acid groups (broad SMARTS) is 1. The minimum Gasteiger partial charge on any atom is -0.482 e. The number of aliphatic imine (C=N–C) groups is 1. The third kappa shape index (κ3) is 4.69. The number of carbonyl (C=O) groups is 2. The Morgan fingerprint density at radius 3 is 2.63 bits per heavy atom. The number of likely N-dealkylation sites (N-methyl/N-ethyl adjacent to an activating group) is 1. The smallest absolute Gasteiger partial charge is 0.341 e. The van der Waals surface area contributed by atoms with Crippen LogP contribution in [-0.2, 0) is 9.59 Å². The van der Waals surface area contributed by atoms with E-state index in [1.165, 1.54) is 16.7 Å². The number of para-hydroxylation sites is 1. The molecule has 27 heavy (non-hydrogen) atoms. The Morgan fingerprint density at radius 1 is 1.26 bits per heavy atom. The third-order valence-corrected chi connectivity index (χ3v) is 4.99. The van der Waals surface area contributed by atoms with Gasteiger partial charge in [-0.2, -0.15) is 0 Å². The lowest BCUT2D eigenvalue weighted by molar-refractivity contribution is -0.139. The van der Waals surface area contributed by atoms with Gasteiger partial charge in [0.2, 0.25) is 0 Å². The molecule has 0 aromatic heterocycles. The molecule has 1 aliphatic rings. The molecule has 0 spiro atoms. The van der Waals surface area contributed by atoms with E-state index in [4.69, 9.17) is 21.4 Å². The van der Waals surface area contributed by atoms with E-state index >= 15 is 0 Å². The summed E-state index contributed by atoms with van der Waals surface area (Å²) in [5.41, 5.74) is 1.39. The number of ether oxygens (including phenoxy) is 1. The summed E-state index contributed by atoms with van der Waals surface area (Å²) in [5.74, 6) is -0.748. The van der Waals surface area contributed by atoms with Gasteiger partial charge in [0.1, 0.15) is 5.75 Å². The first kappa shape index (κ1) is 19.0. The maximum Gasteiger partial charge on any atom is 0.341 e. The van der Waals surface area contributed by atoms with E-state index in [0.29, 0.717) is 26.5 Å². The van der Waals surface area contributed by atoms with Gasteiger partial charge >= 0.3 is 5.97 Å². The molecule has 2 aromatic carbocycles. The highest BCUT2D eigenvalue weighted by atomic mass is 35.5. The van der Waals surface area contributed by atoms with Crippen molar-refractivity contribution in [2.24, 2.45) is 4.99 Å². The molecule has 2 aromatic rings. The summed E-state index contributed by atoms with van der Waals surface area (Å²) in [6.07, 6.45) is 1.75. The van der Waals surface area contributed by atoms with Crippen LogP contribution in [0.3, 0.4) is 0 Å². The number of nitrogens with zero attached hydrogens (tertiary/aromatic N) is 2. The van der Waals surface area contributed by atoms with Gasteiger partial charge in [0.15, 0.2) is 11.8 Å². The molecule has 1 saturated heterocycles. The first-order chi connectivity index (χ1) is 12.9. The molecule has 138 valence electrons. The first-order valence-electron chi connectivity index (χ1n) is 7.89. The van der Waals surface area contributed by atoms with Gasteiger partial charge in [-0.05, 0) is 47.7 Å². The Labute approximate surface area is 165 Å². The summed E-state index contributed by atoms with van der Waals surface area (Å²) >= 11 is 7.39. The summed E-state index contributed by atoms with van der Waals surface area (Å²) in [6, 6.07) is 14.0. The van der Waals surface area contributed by atoms with Crippen molar-refractivity contribution < 1.29 is 19.4 Å². The number of amidine groups is 1. The van der Waals surface area contributed by atoms with Crippen molar-refractivity contribution in [3.63, 3.8) is 0 Å². The lowest BCUT2D eigenvalue weighted by Gasteiger charge is -2.07. The highest BCUT2D eigenvalue weighted by Gasteiger charge is 2.30. The van der Waals surface area contributed by atoms with E-state index in [1.54, 1.807) is 49.5 Å². The SMILES string of the molecule is CN1C(=O)/C(=C/c2ccc(OCC(=O)O)cc2)SC1=Nc1ccccc1Cl. The molecule has 1 amide bonds. The Morgan fingerprint density at radius 2 is 1.96 bits per heavy atom. The van der Waals surface area contributed by atoms with Crippen LogP contribution >= 0.6 is 23.4 Å². The predicted molar refractivity (Wildman–Crippen MR) is 106 cm³/mol. The Kier molecular flexibility index (Phi) is 5.83. The second-order valence-corrected chi connectivity index (χ2v) is 6.99. The average Bonchev–Trinajstić information content (AvgIpc) is 2.91. The molecule has 0 aliphatic carbocycles. The van der Waals surface area contributed by atoms with Crippen LogP contribution in [0, 0.1) is 0 Å². The standard InChI is InChI=1S/C19H15ClN2O4S/c1-22-18(25)16(27-19(22)21-15-5-3-2-4-14(15)20)10-12-6-8-13(9-7-12)26-11-17(23)24/h2-10H,11H2,1H3,(H,23,24)/b16-10-,21-19?. The molecule has 0 atom stereocenters. The van der Waals surface area contributed by atoms with Gasteiger partial charge in [-0.15, -0.1) is 0 Å². The molecule has 1 heterocycles. The van der Waals surface area contributed by atoms with Gasteiger partial charge in [0.25, 0.3) is 5.91 Å². The number of rotatable bonds is 5. The second-order valence-electron chi connectivity index (χ2n) is 5.57. The van der Waals surface area contributed by atoms with Crippen LogP contribution in [0.1, 0.15) is 5.56 Å². The molecule has 1 fully saturated rings. The zero-order valence-corrected chi connectivity index (χ0v) is 15.8. The van der Waals surface area contributed by atoms with E-state index in [1.807, 2.05) is 12.1 Å². The van der Waals surface area contributed by atoms with E-state index < -0.39 is 12.6 Å². The third-order valence-electron chi connectivity index (χ3n) is 3.61. The number of carbonyl (C=O) groups excluding carboxylic acids is 1. The largest absolute Gasteiger partial charge is 0.482 e. The molecule has 1 N–H and O–H groups in total. The first-order valence-corrected chi connectivity index (χ1v) is 9.09. The van der Waals surface area contributed by atoms with Crippen LogP contribution in [0.5, 0.6) is 5.75 Å². The summed E-state index contributed by atoms with van der Waals surface area (Å²) in [4.78, 5) is 29.5. The maximum absolute atomic E-state index is 12.5. The number of hydrogen-bond acceptors (Lipinski definition) is 5.